The minimum Gasteiger partial charge on any atom is -0.368 e. The Morgan fingerprint density at radius 2 is 1.46 bits per heavy atom. The minimum absolute atomic E-state index is 0.0811. The van der Waals surface area contributed by atoms with Crippen LogP contribution in [0.2, 0.25) is 0 Å². The second-order valence-corrected chi connectivity index (χ2v) is 7.54. The molecule has 0 aromatic heterocycles. The van der Waals surface area contributed by atoms with Crippen molar-refractivity contribution in [3.8, 4) is 0 Å². The molecule has 134 valence electrons. The van der Waals surface area contributed by atoms with Crippen LogP contribution in [-0.4, -0.2) is 33.6 Å². The molecule has 0 bridgehead atoms. The van der Waals surface area contributed by atoms with Crippen molar-refractivity contribution in [2.24, 2.45) is 0 Å². The first-order valence-electron chi connectivity index (χ1n) is 8.97. The summed E-state index contributed by atoms with van der Waals surface area (Å²) in [7, 11) is 0. The highest BCUT2D eigenvalue weighted by Gasteiger charge is 2.33. The summed E-state index contributed by atoms with van der Waals surface area (Å²) in [6.45, 7) is 13.1. The Kier molecular flexibility index (Phi) is 5.94. The number of nitrogens with zero attached hydrogens (tertiary/aromatic N) is 2. The molecule has 0 radical (unpaired) electrons. The van der Waals surface area contributed by atoms with Crippen LogP contribution < -0.4 is 4.90 Å². The second kappa shape index (κ2) is 7.58. The lowest BCUT2D eigenvalue weighted by atomic mass is 9.91. The average Bonchev–Trinajstić information content (AvgIpc) is 2.88. The normalized spacial score (nSPS) is 18.1. The van der Waals surface area contributed by atoms with E-state index < -0.39 is 6.29 Å². The molecule has 0 saturated heterocycles. The number of rotatable bonds is 6. The average molecular weight is 332 g/mol. The van der Waals surface area contributed by atoms with Crippen LogP contribution in [-0.2, 0) is 0 Å². The Morgan fingerprint density at radius 1 is 0.917 bits per heavy atom. The molecule has 1 atom stereocenters. The highest BCUT2D eigenvalue weighted by atomic mass is 16.5. The van der Waals surface area contributed by atoms with Crippen LogP contribution in [0.4, 0.5) is 5.69 Å². The third-order valence-electron chi connectivity index (χ3n) is 4.68. The highest BCUT2D eigenvalue weighted by Crippen LogP contribution is 2.39. The molecule has 1 unspecified atom stereocenters. The SMILES string of the molecule is CC(C)c1cccc(C(C)C)c1N1C=CN(C(C)C)C1CC(O)O. The van der Waals surface area contributed by atoms with Gasteiger partial charge in [0.1, 0.15) is 6.17 Å². The van der Waals surface area contributed by atoms with Gasteiger partial charge in [-0.3, -0.25) is 0 Å². The van der Waals surface area contributed by atoms with Gasteiger partial charge in [-0.15, -0.1) is 0 Å². The van der Waals surface area contributed by atoms with E-state index in [1.807, 2.05) is 0 Å². The highest BCUT2D eigenvalue weighted by molar-refractivity contribution is 5.65. The summed E-state index contributed by atoms with van der Waals surface area (Å²) in [5.74, 6) is 0.805. The molecular weight excluding hydrogens is 300 g/mol. The van der Waals surface area contributed by atoms with Gasteiger partial charge in [-0.05, 0) is 36.8 Å². The van der Waals surface area contributed by atoms with Crippen molar-refractivity contribution in [2.45, 2.75) is 78.3 Å². The van der Waals surface area contributed by atoms with Gasteiger partial charge in [-0.1, -0.05) is 45.9 Å². The summed E-state index contributed by atoms with van der Waals surface area (Å²) < 4.78 is 0. The number of hydrogen-bond donors (Lipinski definition) is 2. The lowest BCUT2D eigenvalue weighted by Gasteiger charge is -2.38. The second-order valence-electron chi connectivity index (χ2n) is 7.54. The van der Waals surface area contributed by atoms with Crippen LogP contribution >= 0.6 is 0 Å². The van der Waals surface area contributed by atoms with Gasteiger partial charge < -0.3 is 20.0 Å². The summed E-state index contributed by atoms with van der Waals surface area (Å²) in [5.41, 5.74) is 3.82. The zero-order valence-corrected chi connectivity index (χ0v) is 15.8. The topological polar surface area (TPSA) is 46.9 Å². The summed E-state index contributed by atoms with van der Waals surface area (Å²) in [6.07, 6.45) is 3.03. The molecule has 1 aliphatic rings. The van der Waals surface area contributed by atoms with E-state index in [9.17, 15) is 10.2 Å². The lowest BCUT2D eigenvalue weighted by molar-refractivity contribution is -0.0585. The molecule has 1 aliphatic heterocycles. The predicted octanol–water partition coefficient (Wildman–Crippen LogP) is 3.96. The van der Waals surface area contributed by atoms with Crippen molar-refractivity contribution in [2.75, 3.05) is 4.90 Å². The van der Waals surface area contributed by atoms with Gasteiger partial charge in [0.2, 0.25) is 0 Å². The number of anilines is 1. The maximum atomic E-state index is 9.61. The van der Waals surface area contributed by atoms with Gasteiger partial charge in [-0.2, -0.15) is 0 Å². The smallest absolute Gasteiger partial charge is 0.155 e. The molecule has 2 N–H and O–H groups in total. The maximum absolute atomic E-state index is 9.61. The molecular formula is C20H32N2O2. The predicted molar refractivity (Wildman–Crippen MR) is 99.8 cm³/mol. The van der Waals surface area contributed by atoms with Crippen molar-refractivity contribution in [1.82, 2.24) is 4.90 Å². The van der Waals surface area contributed by atoms with Crippen LogP contribution in [0.25, 0.3) is 0 Å². The fourth-order valence-corrected chi connectivity index (χ4v) is 3.46. The van der Waals surface area contributed by atoms with Crippen molar-refractivity contribution in [1.29, 1.82) is 0 Å². The number of aliphatic hydroxyl groups is 2. The van der Waals surface area contributed by atoms with E-state index in [0.717, 1.165) is 0 Å². The molecule has 1 heterocycles. The summed E-state index contributed by atoms with van der Waals surface area (Å²) in [6, 6.07) is 6.79. The molecule has 1 aromatic rings. The number of aliphatic hydroxyl groups excluding tert-OH is 1. The summed E-state index contributed by atoms with van der Waals surface area (Å²) in [5, 5.41) is 19.2. The molecule has 4 nitrogen and oxygen atoms in total. The lowest BCUT2D eigenvalue weighted by Crippen LogP contribution is -2.44. The largest absolute Gasteiger partial charge is 0.368 e. The van der Waals surface area contributed by atoms with Gasteiger partial charge in [0.05, 0.1) is 0 Å². The molecule has 24 heavy (non-hydrogen) atoms. The van der Waals surface area contributed by atoms with E-state index in [1.165, 1.54) is 16.8 Å². The van der Waals surface area contributed by atoms with Gasteiger partial charge in [0.25, 0.3) is 0 Å². The summed E-state index contributed by atoms with van der Waals surface area (Å²) in [4.78, 5) is 4.42. The van der Waals surface area contributed by atoms with Crippen molar-refractivity contribution in [3.63, 3.8) is 0 Å². The van der Waals surface area contributed by atoms with Crippen LogP contribution in [0.15, 0.2) is 30.6 Å². The zero-order valence-electron chi connectivity index (χ0n) is 15.8. The van der Waals surface area contributed by atoms with E-state index >= 15 is 0 Å². The Bertz CT molecular complexity index is 553. The Hall–Kier alpha value is -1.52. The number of para-hydroxylation sites is 1. The molecule has 0 saturated carbocycles. The van der Waals surface area contributed by atoms with Crippen LogP contribution in [0.3, 0.4) is 0 Å². The quantitative estimate of drug-likeness (QED) is 0.774. The number of benzene rings is 1. The van der Waals surface area contributed by atoms with E-state index in [-0.39, 0.29) is 12.6 Å². The first kappa shape index (κ1) is 18.8. The zero-order chi connectivity index (χ0) is 18.0. The molecule has 0 fully saturated rings. The number of hydrogen-bond acceptors (Lipinski definition) is 4. The minimum atomic E-state index is -1.33. The Morgan fingerprint density at radius 3 is 1.88 bits per heavy atom. The first-order valence-corrected chi connectivity index (χ1v) is 8.97. The molecule has 0 spiro atoms. The standard InChI is InChI=1S/C20H32N2O2/c1-13(2)16-8-7-9-17(14(3)4)20(16)22-11-10-21(15(5)6)18(22)12-19(23)24/h7-11,13-15,18-19,23-24H,12H2,1-6H3. The van der Waals surface area contributed by atoms with Gasteiger partial charge in [0, 0.05) is 30.5 Å². The van der Waals surface area contributed by atoms with E-state index in [2.05, 4.69) is 81.9 Å². The maximum Gasteiger partial charge on any atom is 0.155 e. The molecule has 2 rings (SSSR count). The van der Waals surface area contributed by atoms with E-state index in [1.54, 1.807) is 0 Å². The third kappa shape index (κ3) is 3.76. The van der Waals surface area contributed by atoms with Gasteiger partial charge in [-0.25, -0.2) is 0 Å². The fourth-order valence-electron chi connectivity index (χ4n) is 3.46. The Balaban J connectivity index is 2.54. The van der Waals surface area contributed by atoms with Crippen molar-refractivity contribution < 1.29 is 10.2 Å². The van der Waals surface area contributed by atoms with E-state index in [4.69, 9.17) is 0 Å². The van der Waals surface area contributed by atoms with E-state index in [0.29, 0.717) is 17.9 Å². The fraction of sp³-hybridized carbons (Fsp3) is 0.600. The third-order valence-corrected chi connectivity index (χ3v) is 4.68. The van der Waals surface area contributed by atoms with Crippen molar-refractivity contribution >= 4 is 5.69 Å². The van der Waals surface area contributed by atoms with Crippen LogP contribution in [0.5, 0.6) is 0 Å². The Labute approximate surface area is 146 Å². The summed E-state index contributed by atoms with van der Waals surface area (Å²) >= 11 is 0. The van der Waals surface area contributed by atoms with Crippen LogP contribution in [0.1, 0.15) is 70.9 Å². The first-order chi connectivity index (χ1) is 11.2. The van der Waals surface area contributed by atoms with Gasteiger partial charge in [0.15, 0.2) is 6.29 Å². The van der Waals surface area contributed by atoms with Gasteiger partial charge >= 0.3 is 0 Å². The monoisotopic (exact) mass is 332 g/mol. The molecule has 4 heteroatoms. The molecule has 1 aromatic carbocycles. The van der Waals surface area contributed by atoms with Crippen molar-refractivity contribution in [3.05, 3.63) is 41.7 Å². The molecule has 0 aliphatic carbocycles. The molecule has 0 amide bonds. The van der Waals surface area contributed by atoms with Crippen LogP contribution in [0, 0.1) is 0 Å².